The summed E-state index contributed by atoms with van der Waals surface area (Å²) < 4.78 is 5.80. The summed E-state index contributed by atoms with van der Waals surface area (Å²) >= 11 is 3.25. The predicted octanol–water partition coefficient (Wildman–Crippen LogP) is 0.665. The summed E-state index contributed by atoms with van der Waals surface area (Å²) in [6, 6.07) is 0.239. The molecule has 1 atom stereocenters. The quantitative estimate of drug-likeness (QED) is 0.854. The maximum Gasteiger partial charge on any atom is 0.280 e. The van der Waals surface area contributed by atoms with E-state index in [-0.39, 0.29) is 11.6 Å². The fourth-order valence-corrected chi connectivity index (χ4v) is 2.27. The van der Waals surface area contributed by atoms with Crippen molar-refractivity contribution in [3.63, 3.8) is 0 Å². The maximum atomic E-state index is 11.4. The number of rotatable bonds is 4. The highest BCUT2D eigenvalue weighted by Gasteiger charge is 2.14. The summed E-state index contributed by atoms with van der Waals surface area (Å²) in [6.45, 7) is 6.51. The van der Waals surface area contributed by atoms with Crippen LogP contribution in [0, 0.1) is 0 Å². The molecule has 0 bridgehead atoms. The normalized spacial score (nSPS) is 18.6. The van der Waals surface area contributed by atoms with Gasteiger partial charge in [0.25, 0.3) is 5.56 Å². The molecule has 1 fully saturated rings. The van der Waals surface area contributed by atoms with Gasteiger partial charge in [-0.05, 0) is 22.9 Å². The number of H-pyrrole nitrogens is 1. The van der Waals surface area contributed by atoms with E-state index in [9.17, 15) is 4.79 Å². The van der Waals surface area contributed by atoms with Gasteiger partial charge in [-0.15, -0.1) is 0 Å². The number of nitrogens with zero attached hydrogens (tertiary/aromatic N) is 2. The molecule has 0 saturated carbocycles. The van der Waals surface area contributed by atoms with E-state index in [1.165, 1.54) is 0 Å². The predicted molar refractivity (Wildman–Crippen MR) is 72.9 cm³/mol. The van der Waals surface area contributed by atoms with Gasteiger partial charge in [0.05, 0.1) is 25.1 Å². The number of anilines is 1. The third kappa shape index (κ3) is 3.54. The lowest BCUT2D eigenvalue weighted by atomic mass is 10.2. The standard InChI is InChI=1S/C11H17BrN4O2/c1-8(7-16-2-4-18-5-3-16)14-9-6-13-15-11(17)10(9)12/h6,8H,2-5,7H2,1H3,(H2,14,15,17). The van der Waals surface area contributed by atoms with Crippen LogP contribution in [0.3, 0.4) is 0 Å². The lowest BCUT2D eigenvalue weighted by molar-refractivity contribution is 0.0368. The Morgan fingerprint density at radius 1 is 1.61 bits per heavy atom. The Balaban J connectivity index is 1.92. The molecule has 0 spiro atoms. The van der Waals surface area contributed by atoms with Crippen molar-refractivity contribution in [1.29, 1.82) is 0 Å². The van der Waals surface area contributed by atoms with Gasteiger partial charge in [-0.1, -0.05) is 0 Å². The van der Waals surface area contributed by atoms with Gasteiger partial charge in [0.15, 0.2) is 0 Å². The van der Waals surface area contributed by atoms with Crippen LogP contribution in [0.15, 0.2) is 15.5 Å². The van der Waals surface area contributed by atoms with Crippen molar-refractivity contribution in [3.05, 3.63) is 21.0 Å². The smallest absolute Gasteiger partial charge is 0.280 e. The minimum absolute atomic E-state index is 0.224. The molecule has 1 aromatic rings. The summed E-state index contributed by atoms with van der Waals surface area (Å²) in [4.78, 5) is 13.7. The van der Waals surface area contributed by atoms with Crippen molar-refractivity contribution >= 4 is 21.6 Å². The van der Waals surface area contributed by atoms with Crippen LogP contribution in [0.2, 0.25) is 0 Å². The number of aromatic nitrogens is 2. The monoisotopic (exact) mass is 316 g/mol. The van der Waals surface area contributed by atoms with Crippen molar-refractivity contribution in [2.24, 2.45) is 0 Å². The van der Waals surface area contributed by atoms with Crippen LogP contribution in [0.5, 0.6) is 0 Å². The highest BCUT2D eigenvalue weighted by atomic mass is 79.9. The first-order valence-electron chi connectivity index (χ1n) is 5.96. The van der Waals surface area contributed by atoms with Gasteiger partial charge >= 0.3 is 0 Å². The van der Waals surface area contributed by atoms with Crippen LogP contribution in [-0.2, 0) is 4.74 Å². The molecule has 100 valence electrons. The summed E-state index contributed by atoms with van der Waals surface area (Å²) in [5.74, 6) is 0. The summed E-state index contributed by atoms with van der Waals surface area (Å²) in [5.41, 5.74) is 0.498. The zero-order valence-electron chi connectivity index (χ0n) is 10.3. The lowest BCUT2D eigenvalue weighted by Gasteiger charge is -2.29. The van der Waals surface area contributed by atoms with E-state index in [0.717, 1.165) is 38.5 Å². The zero-order valence-corrected chi connectivity index (χ0v) is 11.9. The minimum atomic E-state index is -0.224. The van der Waals surface area contributed by atoms with Crippen molar-refractivity contribution in [3.8, 4) is 0 Å². The van der Waals surface area contributed by atoms with Crippen LogP contribution < -0.4 is 10.9 Å². The molecule has 0 radical (unpaired) electrons. The second kappa shape index (κ2) is 6.31. The molecule has 1 aliphatic heterocycles. The second-order valence-corrected chi connectivity index (χ2v) is 5.18. The average Bonchev–Trinajstić information content (AvgIpc) is 2.36. The Hall–Kier alpha value is -0.920. The first kappa shape index (κ1) is 13.5. The molecule has 0 aromatic carbocycles. The zero-order chi connectivity index (χ0) is 13.0. The molecule has 1 saturated heterocycles. The van der Waals surface area contributed by atoms with Gasteiger partial charge in [0, 0.05) is 25.7 Å². The van der Waals surface area contributed by atoms with Crippen molar-refractivity contribution < 1.29 is 4.74 Å². The van der Waals surface area contributed by atoms with Crippen LogP contribution in [0.4, 0.5) is 5.69 Å². The van der Waals surface area contributed by atoms with E-state index >= 15 is 0 Å². The molecule has 18 heavy (non-hydrogen) atoms. The van der Waals surface area contributed by atoms with Gasteiger partial charge < -0.3 is 10.1 Å². The Morgan fingerprint density at radius 2 is 2.33 bits per heavy atom. The molecule has 1 aromatic heterocycles. The van der Waals surface area contributed by atoms with Crippen LogP contribution in [-0.4, -0.2) is 54.0 Å². The van der Waals surface area contributed by atoms with Crippen LogP contribution >= 0.6 is 15.9 Å². The minimum Gasteiger partial charge on any atom is -0.379 e. The molecule has 7 heteroatoms. The van der Waals surface area contributed by atoms with Gasteiger partial charge in [0.1, 0.15) is 4.47 Å². The summed E-state index contributed by atoms with van der Waals surface area (Å²) in [5, 5.41) is 9.44. The number of ether oxygens (including phenoxy) is 1. The van der Waals surface area contributed by atoms with E-state index in [2.05, 4.69) is 43.3 Å². The van der Waals surface area contributed by atoms with Gasteiger partial charge in [-0.25, -0.2) is 5.10 Å². The molecule has 2 rings (SSSR count). The third-order valence-electron chi connectivity index (χ3n) is 2.83. The van der Waals surface area contributed by atoms with E-state index in [4.69, 9.17) is 4.74 Å². The average molecular weight is 317 g/mol. The first-order valence-corrected chi connectivity index (χ1v) is 6.76. The van der Waals surface area contributed by atoms with Crippen LogP contribution in [0.1, 0.15) is 6.92 Å². The summed E-state index contributed by atoms with van der Waals surface area (Å²) in [6.07, 6.45) is 1.61. The second-order valence-electron chi connectivity index (χ2n) is 4.39. The summed E-state index contributed by atoms with van der Waals surface area (Å²) in [7, 11) is 0. The number of halogens is 1. The molecule has 2 heterocycles. The van der Waals surface area contributed by atoms with E-state index < -0.39 is 0 Å². The van der Waals surface area contributed by atoms with Gasteiger partial charge in [0.2, 0.25) is 0 Å². The Morgan fingerprint density at radius 3 is 3.06 bits per heavy atom. The van der Waals surface area contributed by atoms with E-state index in [0.29, 0.717) is 4.47 Å². The van der Waals surface area contributed by atoms with Crippen molar-refractivity contribution in [1.82, 2.24) is 15.1 Å². The first-order chi connectivity index (χ1) is 8.66. The molecule has 1 unspecified atom stereocenters. The Labute approximate surface area is 114 Å². The number of nitrogens with one attached hydrogen (secondary N) is 2. The highest BCUT2D eigenvalue weighted by molar-refractivity contribution is 9.10. The van der Waals surface area contributed by atoms with Crippen molar-refractivity contribution in [2.75, 3.05) is 38.2 Å². The molecular weight excluding hydrogens is 300 g/mol. The topological polar surface area (TPSA) is 70.2 Å². The largest absolute Gasteiger partial charge is 0.379 e. The van der Waals surface area contributed by atoms with Gasteiger partial charge in [-0.2, -0.15) is 5.10 Å². The number of morpholine rings is 1. The molecule has 6 nitrogen and oxygen atoms in total. The van der Waals surface area contributed by atoms with E-state index in [1.54, 1.807) is 6.20 Å². The fourth-order valence-electron chi connectivity index (χ4n) is 1.97. The molecule has 0 aliphatic carbocycles. The van der Waals surface area contributed by atoms with Crippen molar-refractivity contribution in [2.45, 2.75) is 13.0 Å². The highest BCUT2D eigenvalue weighted by Crippen LogP contribution is 2.16. The molecule has 1 aliphatic rings. The third-order valence-corrected chi connectivity index (χ3v) is 3.62. The number of hydrogen-bond donors (Lipinski definition) is 2. The van der Waals surface area contributed by atoms with Crippen LogP contribution in [0.25, 0.3) is 0 Å². The number of hydrogen-bond acceptors (Lipinski definition) is 5. The van der Waals surface area contributed by atoms with Gasteiger partial charge in [-0.3, -0.25) is 9.69 Å². The van der Waals surface area contributed by atoms with E-state index in [1.807, 2.05) is 0 Å². The fraction of sp³-hybridized carbons (Fsp3) is 0.636. The molecular formula is C11H17BrN4O2. The molecule has 2 N–H and O–H groups in total. The number of aromatic amines is 1. The SMILES string of the molecule is CC(CN1CCOCC1)Nc1cn[nH]c(=O)c1Br. The maximum absolute atomic E-state index is 11.4. The lowest BCUT2D eigenvalue weighted by Crippen LogP contribution is -2.42. The Bertz CT molecular complexity index is 445. The molecule has 0 amide bonds. The Kier molecular flexibility index (Phi) is 4.73.